The van der Waals surface area contributed by atoms with Gasteiger partial charge in [-0.2, -0.15) is 0 Å². The van der Waals surface area contributed by atoms with Crippen LogP contribution in [-0.2, 0) is 16.9 Å². The quantitative estimate of drug-likeness (QED) is 0.866. The summed E-state index contributed by atoms with van der Waals surface area (Å²) in [6.07, 6.45) is 0. The van der Waals surface area contributed by atoms with E-state index in [9.17, 15) is 0 Å². The molecule has 0 unspecified atom stereocenters. The van der Waals surface area contributed by atoms with E-state index < -0.39 is 0 Å². The monoisotopic (exact) mass is 235 g/mol. The van der Waals surface area contributed by atoms with Gasteiger partial charge in [-0.3, -0.25) is 4.90 Å². The van der Waals surface area contributed by atoms with Crippen LogP contribution in [0.25, 0.3) is 0 Å². The molecule has 1 aliphatic heterocycles. The molecule has 0 radical (unpaired) electrons. The number of hydrogen-bond acceptors (Lipinski definition) is 3. The highest BCUT2D eigenvalue weighted by Crippen LogP contribution is 2.28. The van der Waals surface area contributed by atoms with E-state index in [4.69, 9.17) is 9.84 Å². The zero-order chi connectivity index (χ0) is 12.3. The number of aliphatic hydroxyl groups excluding tert-OH is 1. The van der Waals surface area contributed by atoms with Gasteiger partial charge in [0.25, 0.3) is 0 Å². The summed E-state index contributed by atoms with van der Waals surface area (Å²) in [5.41, 5.74) is 2.28. The maximum atomic E-state index is 9.05. The van der Waals surface area contributed by atoms with E-state index in [1.165, 1.54) is 5.56 Å². The maximum absolute atomic E-state index is 9.05. The first-order valence-electron chi connectivity index (χ1n) is 6.17. The molecule has 2 rings (SSSR count). The molecule has 1 heterocycles. The maximum Gasteiger partial charge on any atom is 0.0681 e. The summed E-state index contributed by atoms with van der Waals surface area (Å²) in [4.78, 5) is 2.45. The van der Waals surface area contributed by atoms with Crippen LogP contribution in [0.3, 0.4) is 0 Å². The summed E-state index contributed by atoms with van der Waals surface area (Å²) in [5.74, 6) is 0. The third-order valence-corrected chi connectivity index (χ3v) is 3.64. The molecular weight excluding hydrogens is 214 g/mol. The van der Waals surface area contributed by atoms with Crippen molar-refractivity contribution in [2.24, 2.45) is 0 Å². The minimum atomic E-state index is 0.0256. The molecule has 0 aromatic heterocycles. The molecule has 1 aliphatic rings. The average molecular weight is 235 g/mol. The normalized spacial score (nSPS) is 18.3. The van der Waals surface area contributed by atoms with Crippen LogP contribution in [0.15, 0.2) is 24.3 Å². The Bertz CT molecular complexity index is 353. The van der Waals surface area contributed by atoms with Gasteiger partial charge in [0.15, 0.2) is 0 Å². The highest BCUT2D eigenvalue weighted by molar-refractivity contribution is 5.27. The molecule has 17 heavy (non-hydrogen) atoms. The van der Waals surface area contributed by atoms with Crippen molar-refractivity contribution in [2.45, 2.75) is 26.0 Å². The van der Waals surface area contributed by atoms with E-state index in [2.05, 4.69) is 30.9 Å². The summed E-state index contributed by atoms with van der Waals surface area (Å²) in [5, 5.41) is 9.05. The second kappa shape index (κ2) is 5.17. The van der Waals surface area contributed by atoms with Crippen molar-refractivity contribution >= 4 is 0 Å². The smallest absolute Gasteiger partial charge is 0.0681 e. The summed E-state index contributed by atoms with van der Waals surface area (Å²) < 4.78 is 5.39. The Balaban J connectivity index is 2.17. The molecule has 0 saturated carbocycles. The molecule has 3 heteroatoms. The van der Waals surface area contributed by atoms with E-state index in [1.807, 2.05) is 12.1 Å². The number of morpholine rings is 1. The molecule has 1 fully saturated rings. The molecule has 0 spiro atoms. The highest BCUT2D eigenvalue weighted by atomic mass is 16.5. The van der Waals surface area contributed by atoms with E-state index in [1.54, 1.807) is 0 Å². The molecule has 94 valence electrons. The average Bonchev–Trinajstić information content (AvgIpc) is 2.40. The van der Waals surface area contributed by atoms with Gasteiger partial charge < -0.3 is 9.84 Å². The zero-order valence-electron chi connectivity index (χ0n) is 10.6. The van der Waals surface area contributed by atoms with E-state index in [0.717, 1.165) is 31.9 Å². The fraction of sp³-hybridized carbons (Fsp3) is 0.571. The van der Waals surface area contributed by atoms with E-state index >= 15 is 0 Å². The number of benzene rings is 1. The fourth-order valence-electron chi connectivity index (χ4n) is 2.32. The zero-order valence-corrected chi connectivity index (χ0v) is 10.6. The number of ether oxygens (including phenoxy) is 1. The molecule has 3 nitrogen and oxygen atoms in total. The van der Waals surface area contributed by atoms with Crippen LogP contribution in [0, 0.1) is 0 Å². The molecule has 1 N–H and O–H groups in total. The van der Waals surface area contributed by atoms with Gasteiger partial charge in [0, 0.05) is 18.6 Å². The first kappa shape index (κ1) is 12.6. The Morgan fingerprint density at radius 3 is 2.29 bits per heavy atom. The van der Waals surface area contributed by atoms with E-state index in [-0.39, 0.29) is 12.1 Å². The second-order valence-corrected chi connectivity index (χ2v) is 5.01. The first-order valence-corrected chi connectivity index (χ1v) is 6.17. The largest absolute Gasteiger partial charge is 0.392 e. The number of nitrogens with zero attached hydrogens (tertiary/aromatic N) is 1. The lowest BCUT2D eigenvalue weighted by Gasteiger charge is -2.41. The third kappa shape index (κ3) is 2.68. The number of rotatable bonds is 3. The van der Waals surface area contributed by atoms with Gasteiger partial charge >= 0.3 is 0 Å². The summed E-state index contributed by atoms with van der Waals surface area (Å²) >= 11 is 0. The van der Waals surface area contributed by atoms with E-state index in [0.29, 0.717) is 0 Å². The molecule has 0 bridgehead atoms. The van der Waals surface area contributed by atoms with Crippen LogP contribution in [0.2, 0.25) is 0 Å². The van der Waals surface area contributed by atoms with Gasteiger partial charge in [0.2, 0.25) is 0 Å². The lowest BCUT2D eigenvalue weighted by Crippen LogP contribution is -2.47. The standard InChI is InChI=1S/C14H21NO2/c1-14(2,15-7-9-17-10-8-15)13-5-3-12(11-16)4-6-13/h3-6,16H,7-11H2,1-2H3. The van der Waals surface area contributed by atoms with Gasteiger partial charge in [0.05, 0.1) is 19.8 Å². The van der Waals surface area contributed by atoms with Crippen molar-refractivity contribution in [3.05, 3.63) is 35.4 Å². The topological polar surface area (TPSA) is 32.7 Å². The Morgan fingerprint density at radius 2 is 1.76 bits per heavy atom. The predicted octanol–water partition coefficient (Wildman–Crippen LogP) is 1.75. The Morgan fingerprint density at radius 1 is 1.18 bits per heavy atom. The summed E-state index contributed by atoms with van der Waals surface area (Å²) in [7, 11) is 0. The van der Waals surface area contributed by atoms with Crippen molar-refractivity contribution in [1.82, 2.24) is 4.90 Å². The minimum Gasteiger partial charge on any atom is -0.392 e. The lowest BCUT2D eigenvalue weighted by atomic mass is 9.91. The summed E-state index contributed by atoms with van der Waals surface area (Å²) in [6.45, 7) is 8.19. The van der Waals surface area contributed by atoms with Crippen LogP contribution in [0.5, 0.6) is 0 Å². The third-order valence-electron chi connectivity index (χ3n) is 3.64. The minimum absolute atomic E-state index is 0.0256. The lowest BCUT2D eigenvalue weighted by molar-refractivity contribution is -0.0118. The van der Waals surface area contributed by atoms with Crippen molar-refractivity contribution in [1.29, 1.82) is 0 Å². The Kier molecular flexibility index (Phi) is 3.82. The van der Waals surface area contributed by atoms with Crippen LogP contribution in [0.1, 0.15) is 25.0 Å². The predicted molar refractivity (Wildman–Crippen MR) is 67.8 cm³/mol. The molecule has 0 amide bonds. The van der Waals surface area contributed by atoms with Crippen molar-refractivity contribution in [3.63, 3.8) is 0 Å². The van der Waals surface area contributed by atoms with Crippen LogP contribution >= 0.6 is 0 Å². The van der Waals surface area contributed by atoms with Gasteiger partial charge in [0.1, 0.15) is 0 Å². The Hall–Kier alpha value is -0.900. The first-order chi connectivity index (χ1) is 8.14. The second-order valence-electron chi connectivity index (χ2n) is 5.01. The molecule has 0 atom stereocenters. The van der Waals surface area contributed by atoms with Crippen molar-refractivity contribution in [3.8, 4) is 0 Å². The van der Waals surface area contributed by atoms with Crippen molar-refractivity contribution in [2.75, 3.05) is 26.3 Å². The van der Waals surface area contributed by atoms with Gasteiger partial charge in [-0.1, -0.05) is 24.3 Å². The summed E-state index contributed by atoms with van der Waals surface area (Å²) in [6, 6.07) is 8.22. The van der Waals surface area contributed by atoms with Gasteiger partial charge in [-0.25, -0.2) is 0 Å². The van der Waals surface area contributed by atoms with Gasteiger partial charge in [-0.15, -0.1) is 0 Å². The van der Waals surface area contributed by atoms with Crippen molar-refractivity contribution < 1.29 is 9.84 Å². The molecule has 1 aromatic rings. The Labute approximate surface area is 103 Å². The molecule has 0 aliphatic carbocycles. The van der Waals surface area contributed by atoms with Crippen LogP contribution in [0.4, 0.5) is 0 Å². The highest BCUT2D eigenvalue weighted by Gasteiger charge is 2.29. The molecular formula is C14H21NO2. The van der Waals surface area contributed by atoms with Crippen LogP contribution in [-0.4, -0.2) is 36.3 Å². The number of hydrogen-bond donors (Lipinski definition) is 1. The van der Waals surface area contributed by atoms with Crippen LogP contribution < -0.4 is 0 Å². The SMILES string of the molecule is CC(C)(c1ccc(CO)cc1)N1CCOCC1. The van der Waals surface area contributed by atoms with Gasteiger partial charge in [-0.05, 0) is 25.0 Å². The molecule has 1 aromatic carbocycles. The molecule has 1 saturated heterocycles. The number of aliphatic hydroxyl groups is 1. The fourth-order valence-corrected chi connectivity index (χ4v) is 2.32.